The maximum absolute atomic E-state index is 12.0. The highest BCUT2D eigenvalue weighted by Crippen LogP contribution is 2.09. The molecule has 0 radical (unpaired) electrons. The highest BCUT2D eigenvalue weighted by Gasteiger charge is 2.10. The fourth-order valence-corrected chi connectivity index (χ4v) is 2.24. The number of carbonyl (C=O) groups excluding carboxylic acids is 2. The van der Waals surface area contributed by atoms with Crippen molar-refractivity contribution in [2.75, 3.05) is 0 Å². The largest absolute Gasteiger partial charge is 0.366 e. The van der Waals surface area contributed by atoms with Crippen molar-refractivity contribution in [3.05, 3.63) is 95.6 Å². The Balaban J connectivity index is 1.57. The van der Waals surface area contributed by atoms with Gasteiger partial charge in [-0.1, -0.05) is 46.7 Å². The van der Waals surface area contributed by atoms with E-state index in [1.54, 1.807) is 60.7 Å². The zero-order valence-corrected chi connectivity index (χ0v) is 14.5. The summed E-state index contributed by atoms with van der Waals surface area (Å²) < 4.78 is 0. The average molecular weight is 360 g/mol. The monoisotopic (exact) mass is 360 g/mol. The molecule has 0 saturated carbocycles. The van der Waals surface area contributed by atoms with Gasteiger partial charge in [-0.3, -0.25) is 0 Å². The normalized spacial score (nSPS) is 12.5. The second kappa shape index (κ2) is 8.53. The fourth-order valence-electron chi connectivity index (χ4n) is 2.24. The van der Waals surface area contributed by atoms with Crippen molar-refractivity contribution >= 4 is 23.4 Å². The molecule has 0 fully saturated rings. The molecule has 3 rings (SSSR count). The van der Waals surface area contributed by atoms with E-state index in [1.165, 1.54) is 0 Å². The second-order valence-electron chi connectivity index (χ2n) is 5.64. The van der Waals surface area contributed by atoms with Gasteiger partial charge in [0.1, 0.15) is 11.4 Å². The summed E-state index contributed by atoms with van der Waals surface area (Å²) in [5, 5.41) is 7.59. The smallest absolute Gasteiger partial charge is 0.312 e. The van der Waals surface area contributed by atoms with Crippen LogP contribution in [0.15, 0.2) is 89.2 Å². The molecule has 27 heavy (non-hydrogen) atoms. The van der Waals surface area contributed by atoms with E-state index in [4.69, 9.17) is 9.68 Å². The van der Waals surface area contributed by atoms with Crippen LogP contribution in [0.4, 0.5) is 0 Å². The van der Waals surface area contributed by atoms with E-state index < -0.39 is 11.9 Å². The third-order valence-electron chi connectivity index (χ3n) is 3.69. The van der Waals surface area contributed by atoms with Crippen LogP contribution in [0.5, 0.6) is 0 Å². The van der Waals surface area contributed by atoms with Gasteiger partial charge in [0, 0.05) is 0 Å². The molecular formula is C21H16N2O4. The van der Waals surface area contributed by atoms with Gasteiger partial charge in [-0.05, 0) is 55.0 Å². The third-order valence-corrected chi connectivity index (χ3v) is 3.69. The summed E-state index contributed by atoms with van der Waals surface area (Å²) in [4.78, 5) is 33.7. The van der Waals surface area contributed by atoms with Crippen LogP contribution in [0, 0.1) is 6.92 Å². The highest BCUT2D eigenvalue weighted by molar-refractivity contribution is 6.18. The quantitative estimate of drug-likeness (QED) is 0.471. The van der Waals surface area contributed by atoms with Crippen molar-refractivity contribution in [1.29, 1.82) is 0 Å². The van der Waals surface area contributed by atoms with Crippen LogP contribution in [-0.4, -0.2) is 23.4 Å². The fraction of sp³-hybridized carbons (Fsp3) is 0.0476. The van der Waals surface area contributed by atoms with Crippen LogP contribution < -0.4 is 0 Å². The van der Waals surface area contributed by atoms with E-state index in [1.807, 2.05) is 25.1 Å². The number of oxime groups is 2. The van der Waals surface area contributed by atoms with Gasteiger partial charge in [0.25, 0.3) is 0 Å². The molecule has 1 aliphatic carbocycles. The molecule has 0 atom stereocenters. The first-order valence-corrected chi connectivity index (χ1v) is 8.19. The lowest BCUT2D eigenvalue weighted by Crippen LogP contribution is -2.07. The molecule has 2 aromatic rings. The first-order chi connectivity index (χ1) is 13.1. The molecule has 0 saturated heterocycles. The number of benzene rings is 2. The number of carbonyl (C=O) groups is 2. The van der Waals surface area contributed by atoms with Gasteiger partial charge >= 0.3 is 11.9 Å². The molecule has 0 aliphatic heterocycles. The van der Waals surface area contributed by atoms with Crippen molar-refractivity contribution in [1.82, 2.24) is 0 Å². The van der Waals surface area contributed by atoms with Crippen molar-refractivity contribution in [2.24, 2.45) is 10.3 Å². The van der Waals surface area contributed by atoms with Gasteiger partial charge < -0.3 is 9.68 Å². The second-order valence-corrected chi connectivity index (χ2v) is 5.64. The first-order valence-electron chi connectivity index (χ1n) is 8.19. The van der Waals surface area contributed by atoms with Crippen LogP contribution in [0.25, 0.3) is 0 Å². The molecule has 6 nitrogen and oxygen atoms in total. The molecule has 0 spiro atoms. The van der Waals surface area contributed by atoms with Crippen molar-refractivity contribution in [3.8, 4) is 0 Å². The number of nitrogens with zero attached hydrogens (tertiary/aromatic N) is 2. The SMILES string of the molecule is Cc1ccccc1C(=O)ON=C1C=CC(=NOC(=O)c2ccccc2)C=C1. The van der Waals surface area contributed by atoms with E-state index in [0.717, 1.165) is 5.56 Å². The third kappa shape index (κ3) is 4.85. The summed E-state index contributed by atoms with van der Waals surface area (Å²) >= 11 is 0. The summed E-state index contributed by atoms with van der Waals surface area (Å²) in [7, 11) is 0. The summed E-state index contributed by atoms with van der Waals surface area (Å²) in [5.74, 6) is -1.07. The Morgan fingerprint density at radius 1 is 0.704 bits per heavy atom. The maximum Gasteiger partial charge on any atom is 0.366 e. The molecule has 134 valence electrons. The minimum absolute atomic E-state index is 0.413. The number of rotatable bonds is 4. The lowest BCUT2D eigenvalue weighted by atomic mass is 10.1. The average Bonchev–Trinajstić information content (AvgIpc) is 2.72. The zero-order valence-electron chi connectivity index (χ0n) is 14.5. The number of aryl methyl sites for hydroxylation is 1. The highest BCUT2D eigenvalue weighted by atomic mass is 16.7. The van der Waals surface area contributed by atoms with Gasteiger partial charge in [0.15, 0.2) is 0 Å². The molecular weight excluding hydrogens is 344 g/mol. The van der Waals surface area contributed by atoms with E-state index >= 15 is 0 Å². The summed E-state index contributed by atoms with van der Waals surface area (Å²) in [6.07, 6.45) is 6.39. The van der Waals surface area contributed by atoms with Crippen molar-refractivity contribution in [2.45, 2.75) is 6.92 Å². The van der Waals surface area contributed by atoms with Gasteiger partial charge in [-0.2, -0.15) is 0 Å². The minimum atomic E-state index is -0.545. The lowest BCUT2D eigenvalue weighted by molar-refractivity contribution is 0.0507. The molecule has 1 aliphatic rings. The van der Waals surface area contributed by atoms with Gasteiger partial charge in [-0.25, -0.2) is 9.59 Å². The van der Waals surface area contributed by atoms with E-state index in [0.29, 0.717) is 22.6 Å². The molecule has 0 N–H and O–H groups in total. The van der Waals surface area contributed by atoms with E-state index in [-0.39, 0.29) is 0 Å². The Morgan fingerprint density at radius 3 is 1.81 bits per heavy atom. The predicted octanol–water partition coefficient (Wildman–Crippen LogP) is 3.85. The summed E-state index contributed by atoms with van der Waals surface area (Å²) in [5.41, 5.74) is 2.55. The summed E-state index contributed by atoms with van der Waals surface area (Å²) in [6.45, 7) is 1.82. The molecule has 0 heterocycles. The summed E-state index contributed by atoms with van der Waals surface area (Å²) in [6, 6.07) is 15.7. The van der Waals surface area contributed by atoms with E-state index in [9.17, 15) is 9.59 Å². The minimum Gasteiger partial charge on any atom is -0.312 e. The first kappa shape index (κ1) is 18.0. The van der Waals surface area contributed by atoms with Crippen LogP contribution in [-0.2, 0) is 9.68 Å². The van der Waals surface area contributed by atoms with Gasteiger partial charge in [0.2, 0.25) is 0 Å². The lowest BCUT2D eigenvalue weighted by Gasteiger charge is -2.04. The van der Waals surface area contributed by atoms with Gasteiger partial charge in [-0.15, -0.1) is 0 Å². The Kier molecular flexibility index (Phi) is 5.69. The van der Waals surface area contributed by atoms with Gasteiger partial charge in [0.05, 0.1) is 11.1 Å². The van der Waals surface area contributed by atoms with Crippen LogP contribution in [0.1, 0.15) is 26.3 Å². The Labute approximate surface area is 156 Å². The molecule has 2 aromatic carbocycles. The van der Waals surface area contributed by atoms with Crippen molar-refractivity contribution < 1.29 is 19.3 Å². The van der Waals surface area contributed by atoms with E-state index in [2.05, 4.69) is 10.3 Å². The van der Waals surface area contributed by atoms with Crippen LogP contribution in [0.2, 0.25) is 0 Å². The molecule has 6 heteroatoms. The molecule has 0 bridgehead atoms. The molecule has 0 unspecified atom stereocenters. The zero-order chi connectivity index (χ0) is 19.1. The number of hydrogen-bond acceptors (Lipinski definition) is 6. The van der Waals surface area contributed by atoms with Crippen molar-refractivity contribution in [3.63, 3.8) is 0 Å². The number of allylic oxidation sites excluding steroid dienone is 4. The topological polar surface area (TPSA) is 77.3 Å². The Hall–Kier alpha value is -3.80. The predicted molar refractivity (Wildman–Crippen MR) is 102 cm³/mol. The Bertz CT molecular complexity index is 955. The molecule has 0 aromatic heterocycles. The molecule has 0 amide bonds. The number of hydrogen-bond donors (Lipinski definition) is 0. The standard InChI is InChI=1S/C21H16N2O4/c1-15-7-5-6-10-19(15)21(25)27-23-18-13-11-17(12-14-18)22-26-20(24)16-8-3-2-4-9-16/h2-14H,1H3. The Morgan fingerprint density at radius 2 is 1.22 bits per heavy atom. The maximum atomic E-state index is 12.0. The van der Waals surface area contributed by atoms with Crippen LogP contribution >= 0.6 is 0 Å². The van der Waals surface area contributed by atoms with Crippen LogP contribution in [0.3, 0.4) is 0 Å².